The van der Waals surface area contributed by atoms with Crippen LogP contribution in [0.2, 0.25) is 5.02 Å². The molecule has 2 rings (SSSR count). The van der Waals surface area contributed by atoms with Crippen LogP contribution in [0, 0.1) is 0 Å². The van der Waals surface area contributed by atoms with E-state index in [4.69, 9.17) is 16.3 Å². The number of carbonyl (C=O) groups is 1. The van der Waals surface area contributed by atoms with Gasteiger partial charge in [-0.2, -0.15) is 8.78 Å². The molecule has 7 heteroatoms. The minimum absolute atomic E-state index is 0.0465. The zero-order valence-electron chi connectivity index (χ0n) is 12.7. The second-order valence-electron chi connectivity index (χ2n) is 4.82. The highest BCUT2D eigenvalue weighted by Crippen LogP contribution is 2.20. The van der Waals surface area contributed by atoms with Crippen LogP contribution in [-0.2, 0) is 11.3 Å². The molecule has 1 N–H and O–H groups in total. The lowest BCUT2D eigenvalue weighted by molar-refractivity contribution is -0.121. The SMILES string of the molecule is O=C(CCOc1ccc(Cl)cc1)NCc1ccccc1OC(F)F. The van der Waals surface area contributed by atoms with E-state index in [9.17, 15) is 13.6 Å². The quantitative estimate of drug-likeness (QED) is 0.777. The Labute approximate surface area is 143 Å². The van der Waals surface area contributed by atoms with Crippen LogP contribution in [0.15, 0.2) is 48.5 Å². The lowest BCUT2D eigenvalue weighted by Crippen LogP contribution is -2.24. The predicted molar refractivity (Wildman–Crippen MR) is 86.5 cm³/mol. The van der Waals surface area contributed by atoms with E-state index < -0.39 is 6.61 Å². The molecule has 0 spiro atoms. The maximum absolute atomic E-state index is 12.3. The molecule has 0 aliphatic carbocycles. The van der Waals surface area contributed by atoms with E-state index in [2.05, 4.69) is 10.1 Å². The van der Waals surface area contributed by atoms with Crippen molar-refractivity contribution in [1.29, 1.82) is 0 Å². The van der Waals surface area contributed by atoms with Gasteiger partial charge in [0.15, 0.2) is 0 Å². The second kappa shape index (κ2) is 9.08. The van der Waals surface area contributed by atoms with Gasteiger partial charge in [-0.1, -0.05) is 29.8 Å². The Hall–Kier alpha value is -2.34. The van der Waals surface area contributed by atoms with Gasteiger partial charge in [0, 0.05) is 17.1 Å². The zero-order chi connectivity index (χ0) is 17.4. The second-order valence-corrected chi connectivity index (χ2v) is 5.25. The van der Waals surface area contributed by atoms with E-state index in [-0.39, 0.29) is 31.2 Å². The summed E-state index contributed by atoms with van der Waals surface area (Å²) < 4.78 is 34.5. The predicted octanol–water partition coefficient (Wildman–Crippen LogP) is 4.03. The van der Waals surface area contributed by atoms with Crippen molar-refractivity contribution in [2.45, 2.75) is 19.6 Å². The number of ether oxygens (including phenoxy) is 2. The first-order chi connectivity index (χ1) is 11.5. The molecule has 128 valence electrons. The highest BCUT2D eigenvalue weighted by molar-refractivity contribution is 6.30. The van der Waals surface area contributed by atoms with Crippen LogP contribution >= 0.6 is 11.6 Å². The van der Waals surface area contributed by atoms with Crippen molar-refractivity contribution in [3.8, 4) is 11.5 Å². The zero-order valence-corrected chi connectivity index (χ0v) is 13.4. The normalized spacial score (nSPS) is 10.5. The number of carbonyl (C=O) groups excluding carboxylic acids is 1. The van der Waals surface area contributed by atoms with Gasteiger partial charge < -0.3 is 14.8 Å². The summed E-state index contributed by atoms with van der Waals surface area (Å²) in [6.45, 7) is -2.61. The Morgan fingerprint density at radius 3 is 2.54 bits per heavy atom. The molecule has 0 atom stereocenters. The fraction of sp³-hybridized carbons (Fsp3) is 0.235. The van der Waals surface area contributed by atoms with E-state index >= 15 is 0 Å². The monoisotopic (exact) mass is 355 g/mol. The number of alkyl halides is 2. The lowest BCUT2D eigenvalue weighted by atomic mass is 10.2. The molecule has 0 fully saturated rings. The molecule has 0 bridgehead atoms. The number of hydrogen-bond donors (Lipinski definition) is 1. The van der Waals surface area contributed by atoms with Crippen LogP contribution in [0.5, 0.6) is 11.5 Å². The molecule has 0 aliphatic rings. The Morgan fingerprint density at radius 1 is 1.12 bits per heavy atom. The standard InChI is InChI=1S/C17H16ClF2NO3/c18-13-5-7-14(8-6-13)23-10-9-16(22)21-11-12-3-1-2-4-15(12)24-17(19)20/h1-8,17H,9-11H2,(H,21,22). The lowest BCUT2D eigenvalue weighted by Gasteiger charge is -2.11. The largest absolute Gasteiger partial charge is 0.493 e. The van der Waals surface area contributed by atoms with E-state index in [0.717, 1.165) is 0 Å². The van der Waals surface area contributed by atoms with Crippen molar-refractivity contribution < 1.29 is 23.0 Å². The molecule has 0 radical (unpaired) electrons. The first-order valence-electron chi connectivity index (χ1n) is 7.22. The van der Waals surface area contributed by atoms with Crippen LogP contribution in [-0.4, -0.2) is 19.1 Å². The smallest absolute Gasteiger partial charge is 0.387 e. The first-order valence-corrected chi connectivity index (χ1v) is 7.60. The van der Waals surface area contributed by atoms with Gasteiger partial charge in [0.05, 0.1) is 13.0 Å². The van der Waals surface area contributed by atoms with Gasteiger partial charge in [0.2, 0.25) is 5.91 Å². The number of rotatable bonds is 8. The van der Waals surface area contributed by atoms with Crippen LogP contribution < -0.4 is 14.8 Å². The van der Waals surface area contributed by atoms with Crippen molar-refractivity contribution in [2.24, 2.45) is 0 Å². The van der Waals surface area contributed by atoms with Gasteiger partial charge in [0.25, 0.3) is 0 Å². The molecular formula is C17H16ClF2NO3. The average Bonchev–Trinajstić information content (AvgIpc) is 2.55. The van der Waals surface area contributed by atoms with Crippen LogP contribution in [0.4, 0.5) is 8.78 Å². The van der Waals surface area contributed by atoms with Gasteiger partial charge in [-0.25, -0.2) is 0 Å². The number of benzene rings is 2. The summed E-state index contributed by atoms with van der Waals surface area (Å²) in [5, 5.41) is 3.24. The van der Waals surface area contributed by atoms with Gasteiger partial charge in [-0.3, -0.25) is 4.79 Å². The third-order valence-electron chi connectivity index (χ3n) is 3.08. The fourth-order valence-electron chi connectivity index (χ4n) is 1.94. The van der Waals surface area contributed by atoms with Crippen molar-refractivity contribution in [2.75, 3.05) is 6.61 Å². The van der Waals surface area contributed by atoms with E-state index in [0.29, 0.717) is 16.3 Å². The maximum atomic E-state index is 12.3. The molecule has 0 aromatic heterocycles. The van der Waals surface area contributed by atoms with Crippen LogP contribution in [0.25, 0.3) is 0 Å². The summed E-state index contributed by atoms with van der Waals surface area (Å²) in [4.78, 5) is 11.8. The summed E-state index contributed by atoms with van der Waals surface area (Å²) in [5.41, 5.74) is 0.477. The van der Waals surface area contributed by atoms with Gasteiger partial charge in [-0.15, -0.1) is 0 Å². The number of halogens is 3. The maximum Gasteiger partial charge on any atom is 0.387 e. The van der Waals surface area contributed by atoms with Crippen molar-refractivity contribution in [3.63, 3.8) is 0 Å². The molecule has 2 aromatic rings. The third-order valence-corrected chi connectivity index (χ3v) is 3.33. The summed E-state index contributed by atoms with van der Waals surface area (Å²) in [5.74, 6) is 0.406. The molecule has 1 amide bonds. The van der Waals surface area contributed by atoms with Crippen molar-refractivity contribution >= 4 is 17.5 Å². The Balaban J connectivity index is 1.76. The summed E-state index contributed by atoms with van der Waals surface area (Å²) in [6.07, 6.45) is 0.139. The molecule has 0 unspecified atom stereocenters. The Morgan fingerprint density at radius 2 is 1.83 bits per heavy atom. The molecule has 2 aromatic carbocycles. The number of amides is 1. The summed E-state index contributed by atoms with van der Waals surface area (Å²) in [6, 6.07) is 13.1. The van der Waals surface area contributed by atoms with Crippen LogP contribution in [0.3, 0.4) is 0 Å². The molecular weight excluding hydrogens is 340 g/mol. The summed E-state index contributed by atoms with van der Waals surface area (Å²) >= 11 is 5.76. The number of hydrogen-bond acceptors (Lipinski definition) is 3. The Bertz CT molecular complexity index is 665. The molecule has 24 heavy (non-hydrogen) atoms. The summed E-state index contributed by atoms with van der Waals surface area (Å²) in [7, 11) is 0. The van der Waals surface area contributed by atoms with E-state index in [1.54, 1.807) is 42.5 Å². The van der Waals surface area contributed by atoms with Gasteiger partial charge in [0.1, 0.15) is 11.5 Å². The van der Waals surface area contributed by atoms with Crippen molar-refractivity contribution in [3.05, 3.63) is 59.1 Å². The van der Waals surface area contributed by atoms with Gasteiger partial charge in [-0.05, 0) is 30.3 Å². The topological polar surface area (TPSA) is 47.6 Å². The molecule has 4 nitrogen and oxygen atoms in total. The molecule has 0 saturated heterocycles. The average molecular weight is 356 g/mol. The van der Waals surface area contributed by atoms with Crippen molar-refractivity contribution in [1.82, 2.24) is 5.32 Å². The first kappa shape index (κ1) is 18.0. The third kappa shape index (κ3) is 6.04. The highest BCUT2D eigenvalue weighted by Gasteiger charge is 2.10. The number of para-hydroxylation sites is 1. The highest BCUT2D eigenvalue weighted by atomic mass is 35.5. The number of nitrogens with one attached hydrogen (secondary N) is 1. The molecule has 0 saturated carbocycles. The molecule has 0 heterocycles. The van der Waals surface area contributed by atoms with E-state index in [1.807, 2.05) is 0 Å². The Kier molecular flexibility index (Phi) is 6.81. The minimum Gasteiger partial charge on any atom is -0.493 e. The fourth-order valence-corrected chi connectivity index (χ4v) is 2.06. The minimum atomic E-state index is -2.91. The molecule has 0 aliphatic heterocycles. The van der Waals surface area contributed by atoms with E-state index in [1.165, 1.54) is 6.07 Å². The van der Waals surface area contributed by atoms with Crippen LogP contribution in [0.1, 0.15) is 12.0 Å². The van der Waals surface area contributed by atoms with Gasteiger partial charge >= 0.3 is 6.61 Å².